The lowest BCUT2D eigenvalue weighted by Crippen LogP contribution is -2.26. The van der Waals surface area contributed by atoms with Crippen LogP contribution in [-0.2, 0) is 0 Å². The molecule has 2 N–H and O–H groups in total. The number of halogens is 2. The average Bonchev–Trinajstić information content (AvgIpc) is 3.27. The molecule has 0 aliphatic rings. The summed E-state index contributed by atoms with van der Waals surface area (Å²) in [5.41, 5.74) is 2.91. The molecule has 186 valence electrons. The SMILES string of the molecule is Cc1ccc(C(=O)c2nn(-c3ccc(Cl)cc3)c(NCCCNC(=O)c3ccc(Br)cc3)c2C#N)cc1. The summed E-state index contributed by atoms with van der Waals surface area (Å²) < 4.78 is 2.44. The molecule has 0 atom stereocenters. The molecular formula is C28H23BrClN5O2. The van der Waals surface area contributed by atoms with E-state index in [2.05, 4.69) is 37.7 Å². The number of benzene rings is 3. The van der Waals surface area contributed by atoms with E-state index < -0.39 is 0 Å². The average molecular weight is 577 g/mol. The van der Waals surface area contributed by atoms with Gasteiger partial charge in [0.2, 0.25) is 5.78 Å². The van der Waals surface area contributed by atoms with E-state index in [0.717, 1.165) is 10.0 Å². The fourth-order valence-corrected chi connectivity index (χ4v) is 4.05. The van der Waals surface area contributed by atoms with Crippen molar-refractivity contribution in [1.29, 1.82) is 5.26 Å². The molecular weight excluding hydrogens is 554 g/mol. The highest BCUT2D eigenvalue weighted by molar-refractivity contribution is 9.10. The van der Waals surface area contributed by atoms with Gasteiger partial charge in [0, 0.05) is 33.7 Å². The van der Waals surface area contributed by atoms with E-state index in [1.165, 1.54) is 4.68 Å². The van der Waals surface area contributed by atoms with Gasteiger partial charge in [0.05, 0.1) is 5.69 Å². The monoisotopic (exact) mass is 575 g/mol. The second kappa shape index (κ2) is 11.9. The highest BCUT2D eigenvalue weighted by atomic mass is 79.9. The Balaban J connectivity index is 1.53. The Hall–Kier alpha value is -3.93. The Bertz CT molecular complexity index is 1460. The fraction of sp³-hybridized carbons (Fsp3) is 0.143. The summed E-state index contributed by atoms with van der Waals surface area (Å²) in [5.74, 6) is -0.101. The number of anilines is 1. The Labute approximate surface area is 228 Å². The summed E-state index contributed by atoms with van der Waals surface area (Å²) in [7, 11) is 0. The molecule has 1 aromatic heterocycles. The number of amides is 1. The van der Waals surface area contributed by atoms with Crippen molar-refractivity contribution >= 4 is 45.0 Å². The third-order valence-corrected chi connectivity index (χ3v) is 6.42. The van der Waals surface area contributed by atoms with Gasteiger partial charge in [0.1, 0.15) is 17.5 Å². The predicted octanol–water partition coefficient (Wildman–Crippen LogP) is 5.93. The number of rotatable bonds is 9. The first kappa shape index (κ1) is 26.1. The quantitative estimate of drug-likeness (QED) is 0.190. The molecule has 1 amide bonds. The highest BCUT2D eigenvalue weighted by Crippen LogP contribution is 2.26. The van der Waals surface area contributed by atoms with Crippen LogP contribution in [0, 0.1) is 18.3 Å². The van der Waals surface area contributed by atoms with Gasteiger partial charge in [-0.05, 0) is 61.9 Å². The topological polar surface area (TPSA) is 99.8 Å². The molecule has 1 heterocycles. The van der Waals surface area contributed by atoms with Crippen LogP contribution in [0.25, 0.3) is 5.69 Å². The Morgan fingerprint density at radius 1 is 0.973 bits per heavy atom. The number of aryl methyl sites for hydroxylation is 1. The minimum atomic E-state index is -0.339. The van der Waals surface area contributed by atoms with Crippen molar-refractivity contribution in [3.05, 3.63) is 110 Å². The lowest BCUT2D eigenvalue weighted by molar-refractivity contribution is 0.0952. The standard InChI is InChI=1S/C28H23BrClN5O2/c1-18-3-5-19(6-4-18)26(36)25-24(17-31)27(35(34-25)23-13-11-22(30)12-14-23)32-15-2-16-33-28(37)20-7-9-21(29)10-8-20/h3-14,32H,2,15-16H2,1H3,(H,33,37). The summed E-state index contributed by atoms with van der Waals surface area (Å²) in [5, 5.41) is 21.2. The number of aromatic nitrogens is 2. The number of hydrogen-bond acceptors (Lipinski definition) is 5. The number of nitrogens with zero attached hydrogens (tertiary/aromatic N) is 3. The summed E-state index contributed by atoms with van der Waals surface area (Å²) in [6.45, 7) is 2.80. The maximum absolute atomic E-state index is 13.3. The summed E-state index contributed by atoms with van der Waals surface area (Å²) in [4.78, 5) is 25.6. The third-order valence-electron chi connectivity index (χ3n) is 5.64. The van der Waals surface area contributed by atoms with Crippen LogP contribution in [0.2, 0.25) is 5.02 Å². The van der Waals surface area contributed by atoms with Crippen LogP contribution in [0.15, 0.2) is 77.3 Å². The molecule has 4 rings (SSSR count). The highest BCUT2D eigenvalue weighted by Gasteiger charge is 2.25. The van der Waals surface area contributed by atoms with E-state index in [0.29, 0.717) is 47.2 Å². The first-order valence-corrected chi connectivity index (χ1v) is 12.7. The number of ketones is 1. The Morgan fingerprint density at radius 3 is 2.27 bits per heavy atom. The Morgan fingerprint density at radius 2 is 1.62 bits per heavy atom. The van der Waals surface area contributed by atoms with Crippen molar-refractivity contribution < 1.29 is 9.59 Å². The zero-order valence-electron chi connectivity index (χ0n) is 20.0. The van der Waals surface area contributed by atoms with E-state index in [4.69, 9.17) is 11.6 Å². The number of carbonyl (C=O) groups is 2. The maximum atomic E-state index is 13.3. The minimum Gasteiger partial charge on any atom is -0.369 e. The molecule has 0 unspecified atom stereocenters. The number of nitrogens with one attached hydrogen (secondary N) is 2. The molecule has 37 heavy (non-hydrogen) atoms. The molecule has 0 saturated carbocycles. The predicted molar refractivity (Wildman–Crippen MR) is 147 cm³/mol. The number of carbonyl (C=O) groups excluding carboxylic acids is 2. The molecule has 3 aromatic carbocycles. The molecule has 9 heteroatoms. The molecule has 0 spiro atoms. The van der Waals surface area contributed by atoms with Crippen molar-refractivity contribution in [3.63, 3.8) is 0 Å². The third kappa shape index (κ3) is 6.26. The van der Waals surface area contributed by atoms with Crippen LogP contribution in [0.3, 0.4) is 0 Å². The van der Waals surface area contributed by atoms with Gasteiger partial charge < -0.3 is 10.6 Å². The van der Waals surface area contributed by atoms with Crippen molar-refractivity contribution in [2.45, 2.75) is 13.3 Å². The summed E-state index contributed by atoms with van der Waals surface area (Å²) >= 11 is 9.41. The van der Waals surface area contributed by atoms with E-state index in [9.17, 15) is 14.9 Å². The van der Waals surface area contributed by atoms with Crippen LogP contribution in [0.5, 0.6) is 0 Å². The van der Waals surface area contributed by atoms with Crippen LogP contribution >= 0.6 is 27.5 Å². The fourth-order valence-electron chi connectivity index (χ4n) is 3.66. The smallest absolute Gasteiger partial charge is 0.251 e. The van der Waals surface area contributed by atoms with Gasteiger partial charge in [-0.15, -0.1) is 0 Å². The van der Waals surface area contributed by atoms with Gasteiger partial charge in [0.15, 0.2) is 5.69 Å². The molecule has 4 aromatic rings. The molecule has 0 aliphatic carbocycles. The van der Waals surface area contributed by atoms with Gasteiger partial charge in [-0.2, -0.15) is 10.4 Å². The summed E-state index contributed by atoms with van der Waals surface area (Å²) in [6, 6.07) is 23.4. The van der Waals surface area contributed by atoms with Crippen LogP contribution in [-0.4, -0.2) is 34.6 Å². The van der Waals surface area contributed by atoms with Crippen LogP contribution in [0.1, 0.15) is 44.0 Å². The zero-order chi connectivity index (χ0) is 26.4. The molecule has 0 radical (unpaired) electrons. The maximum Gasteiger partial charge on any atom is 0.251 e. The molecule has 0 bridgehead atoms. The van der Waals surface area contributed by atoms with Crippen molar-refractivity contribution in [1.82, 2.24) is 15.1 Å². The van der Waals surface area contributed by atoms with Gasteiger partial charge in [0.25, 0.3) is 5.91 Å². The van der Waals surface area contributed by atoms with E-state index in [1.807, 2.05) is 31.2 Å². The number of nitriles is 1. The molecule has 0 saturated heterocycles. The first-order chi connectivity index (χ1) is 17.9. The van der Waals surface area contributed by atoms with Crippen molar-refractivity contribution in [2.75, 3.05) is 18.4 Å². The van der Waals surface area contributed by atoms with Crippen molar-refractivity contribution in [2.24, 2.45) is 0 Å². The summed E-state index contributed by atoms with van der Waals surface area (Å²) in [6.07, 6.45) is 0.584. The second-order valence-corrected chi connectivity index (χ2v) is 9.66. The van der Waals surface area contributed by atoms with Gasteiger partial charge in [-0.25, -0.2) is 4.68 Å². The molecule has 0 fully saturated rings. The zero-order valence-corrected chi connectivity index (χ0v) is 22.3. The van der Waals surface area contributed by atoms with E-state index in [-0.39, 0.29) is 22.9 Å². The lowest BCUT2D eigenvalue weighted by atomic mass is 10.0. The molecule has 7 nitrogen and oxygen atoms in total. The largest absolute Gasteiger partial charge is 0.369 e. The first-order valence-electron chi connectivity index (χ1n) is 11.6. The molecule has 0 aliphatic heterocycles. The lowest BCUT2D eigenvalue weighted by Gasteiger charge is -2.11. The van der Waals surface area contributed by atoms with Gasteiger partial charge >= 0.3 is 0 Å². The normalized spacial score (nSPS) is 10.5. The van der Waals surface area contributed by atoms with Crippen molar-refractivity contribution in [3.8, 4) is 11.8 Å². The minimum absolute atomic E-state index is 0.0624. The number of hydrogen-bond donors (Lipinski definition) is 2. The second-order valence-electron chi connectivity index (χ2n) is 8.31. The Kier molecular flexibility index (Phi) is 8.39. The van der Waals surface area contributed by atoms with Gasteiger partial charge in [-0.3, -0.25) is 9.59 Å². The van der Waals surface area contributed by atoms with E-state index >= 15 is 0 Å². The van der Waals surface area contributed by atoms with Gasteiger partial charge in [-0.1, -0.05) is 57.4 Å². The van der Waals surface area contributed by atoms with E-state index in [1.54, 1.807) is 48.5 Å². The van der Waals surface area contributed by atoms with Crippen LogP contribution < -0.4 is 10.6 Å². The van der Waals surface area contributed by atoms with Crippen LogP contribution in [0.4, 0.5) is 5.82 Å².